The smallest absolute Gasteiger partial charge is 0.219 e. The maximum atomic E-state index is 11.8. The SMILES string of the molecule is CC(=O)N(Cc1ccc(C(C)C)nc1)CC1CCCO1. The van der Waals surface area contributed by atoms with E-state index < -0.39 is 0 Å². The molecule has 0 N–H and O–H groups in total. The van der Waals surface area contributed by atoms with Gasteiger partial charge in [0.25, 0.3) is 0 Å². The lowest BCUT2D eigenvalue weighted by Crippen LogP contribution is -2.35. The lowest BCUT2D eigenvalue weighted by atomic mass is 10.1. The molecule has 110 valence electrons. The Hall–Kier alpha value is -1.42. The summed E-state index contributed by atoms with van der Waals surface area (Å²) in [5.41, 5.74) is 2.16. The Morgan fingerprint density at radius 3 is 2.80 bits per heavy atom. The highest BCUT2D eigenvalue weighted by molar-refractivity contribution is 5.73. The molecule has 20 heavy (non-hydrogen) atoms. The Morgan fingerprint density at radius 2 is 2.30 bits per heavy atom. The van der Waals surface area contributed by atoms with Gasteiger partial charge in [0.2, 0.25) is 5.91 Å². The zero-order valence-corrected chi connectivity index (χ0v) is 12.6. The van der Waals surface area contributed by atoms with E-state index in [4.69, 9.17) is 4.74 Å². The number of hydrogen-bond acceptors (Lipinski definition) is 3. The van der Waals surface area contributed by atoms with Gasteiger partial charge in [-0.05, 0) is 30.4 Å². The number of carbonyl (C=O) groups excluding carboxylic acids is 1. The van der Waals surface area contributed by atoms with E-state index in [0.717, 1.165) is 30.7 Å². The predicted molar refractivity (Wildman–Crippen MR) is 78.4 cm³/mol. The third-order valence-electron chi connectivity index (χ3n) is 3.71. The third-order valence-corrected chi connectivity index (χ3v) is 3.71. The van der Waals surface area contributed by atoms with Gasteiger partial charge in [0, 0.05) is 38.5 Å². The molecule has 2 heterocycles. The zero-order valence-electron chi connectivity index (χ0n) is 12.6. The first-order valence-corrected chi connectivity index (χ1v) is 7.38. The minimum Gasteiger partial charge on any atom is -0.376 e. The summed E-state index contributed by atoms with van der Waals surface area (Å²) in [7, 11) is 0. The van der Waals surface area contributed by atoms with Crippen LogP contribution in [0.5, 0.6) is 0 Å². The van der Waals surface area contributed by atoms with Crippen LogP contribution in [0.25, 0.3) is 0 Å². The van der Waals surface area contributed by atoms with Gasteiger partial charge in [-0.3, -0.25) is 9.78 Å². The van der Waals surface area contributed by atoms with Crippen molar-refractivity contribution in [2.45, 2.75) is 52.2 Å². The molecule has 1 aromatic rings. The molecule has 1 atom stereocenters. The van der Waals surface area contributed by atoms with Gasteiger partial charge in [-0.25, -0.2) is 0 Å². The predicted octanol–water partition coefficient (Wildman–Crippen LogP) is 2.73. The molecule has 0 aromatic carbocycles. The zero-order chi connectivity index (χ0) is 14.5. The molecule has 1 saturated heterocycles. The Balaban J connectivity index is 1.98. The van der Waals surface area contributed by atoms with Crippen molar-refractivity contribution in [2.24, 2.45) is 0 Å². The van der Waals surface area contributed by atoms with Gasteiger partial charge in [0.15, 0.2) is 0 Å². The number of nitrogens with zero attached hydrogens (tertiary/aromatic N) is 2. The van der Waals surface area contributed by atoms with Gasteiger partial charge in [-0.15, -0.1) is 0 Å². The van der Waals surface area contributed by atoms with Crippen LogP contribution in [0, 0.1) is 0 Å². The second kappa shape index (κ2) is 6.84. The lowest BCUT2D eigenvalue weighted by Gasteiger charge is -2.24. The molecule has 4 nitrogen and oxygen atoms in total. The first-order chi connectivity index (χ1) is 9.56. The van der Waals surface area contributed by atoms with E-state index >= 15 is 0 Å². The monoisotopic (exact) mass is 276 g/mol. The molecule has 0 radical (unpaired) electrons. The highest BCUT2D eigenvalue weighted by atomic mass is 16.5. The largest absolute Gasteiger partial charge is 0.376 e. The molecule has 1 aliphatic heterocycles. The highest BCUT2D eigenvalue weighted by Gasteiger charge is 2.20. The Bertz CT molecular complexity index is 436. The molecular formula is C16H24N2O2. The quantitative estimate of drug-likeness (QED) is 0.830. The third kappa shape index (κ3) is 4.04. The number of carbonyl (C=O) groups is 1. The van der Waals surface area contributed by atoms with Crippen LogP contribution in [0.4, 0.5) is 0 Å². The fourth-order valence-corrected chi connectivity index (χ4v) is 2.43. The van der Waals surface area contributed by atoms with Crippen LogP contribution in [-0.2, 0) is 16.1 Å². The maximum absolute atomic E-state index is 11.8. The van der Waals surface area contributed by atoms with E-state index in [1.807, 2.05) is 17.2 Å². The van der Waals surface area contributed by atoms with Gasteiger partial charge in [-0.1, -0.05) is 19.9 Å². The van der Waals surface area contributed by atoms with Crippen molar-refractivity contribution in [2.75, 3.05) is 13.2 Å². The van der Waals surface area contributed by atoms with E-state index in [1.165, 1.54) is 0 Å². The summed E-state index contributed by atoms with van der Waals surface area (Å²) in [6.45, 7) is 7.98. The number of aromatic nitrogens is 1. The first-order valence-electron chi connectivity index (χ1n) is 7.38. The molecule has 0 bridgehead atoms. The van der Waals surface area contributed by atoms with Crippen molar-refractivity contribution < 1.29 is 9.53 Å². The van der Waals surface area contributed by atoms with E-state index in [9.17, 15) is 4.79 Å². The molecule has 0 spiro atoms. The molecule has 0 saturated carbocycles. The normalized spacial score (nSPS) is 18.5. The van der Waals surface area contributed by atoms with Gasteiger partial charge in [0.05, 0.1) is 6.10 Å². The summed E-state index contributed by atoms with van der Waals surface area (Å²) in [4.78, 5) is 18.1. The lowest BCUT2D eigenvalue weighted by molar-refractivity contribution is -0.131. The van der Waals surface area contributed by atoms with Crippen LogP contribution in [-0.4, -0.2) is 35.0 Å². The van der Waals surface area contributed by atoms with Crippen molar-refractivity contribution in [3.8, 4) is 0 Å². The molecule has 1 unspecified atom stereocenters. The Labute approximate surface area is 121 Å². The van der Waals surface area contributed by atoms with Crippen molar-refractivity contribution in [3.63, 3.8) is 0 Å². The molecular weight excluding hydrogens is 252 g/mol. The van der Waals surface area contributed by atoms with E-state index in [0.29, 0.717) is 19.0 Å². The van der Waals surface area contributed by atoms with Crippen LogP contribution >= 0.6 is 0 Å². The molecule has 1 aromatic heterocycles. The first kappa shape index (κ1) is 15.0. The van der Waals surface area contributed by atoms with Crippen LogP contribution < -0.4 is 0 Å². The minimum atomic E-state index is 0.0911. The maximum Gasteiger partial charge on any atom is 0.219 e. The average Bonchev–Trinajstić information content (AvgIpc) is 2.91. The summed E-state index contributed by atoms with van der Waals surface area (Å²) in [6.07, 6.45) is 4.22. The highest BCUT2D eigenvalue weighted by Crippen LogP contribution is 2.16. The average molecular weight is 276 g/mol. The summed E-state index contributed by atoms with van der Waals surface area (Å²) >= 11 is 0. The van der Waals surface area contributed by atoms with Crippen LogP contribution in [0.15, 0.2) is 18.3 Å². The van der Waals surface area contributed by atoms with Gasteiger partial charge in [0.1, 0.15) is 0 Å². The van der Waals surface area contributed by atoms with Crippen molar-refractivity contribution in [1.82, 2.24) is 9.88 Å². The molecule has 1 amide bonds. The summed E-state index contributed by atoms with van der Waals surface area (Å²) < 4.78 is 5.61. The molecule has 1 fully saturated rings. The number of ether oxygens (including phenoxy) is 1. The second-order valence-corrected chi connectivity index (χ2v) is 5.78. The fourth-order valence-electron chi connectivity index (χ4n) is 2.43. The minimum absolute atomic E-state index is 0.0911. The Morgan fingerprint density at radius 1 is 1.50 bits per heavy atom. The van der Waals surface area contributed by atoms with Crippen molar-refractivity contribution >= 4 is 5.91 Å². The molecule has 4 heteroatoms. The van der Waals surface area contributed by atoms with E-state index in [-0.39, 0.29) is 12.0 Å². The molecule has 0 aliphatic carbocycles. The van der Waals surface area contributed by atoms with E-state index in [2.05, 4.69) is 24.9 Å². The Kier molecular flexibility index (Phi) is 5.12. The molecule has 2 rings (SSSR count). The fraction of sp³-hybridized carbons (Fsp3) is 0.625. The van der Waals surface area contributed by atoms with Gasteiger partial charge < -0.3 is 9.64 Å². The summed E-state index contributed by atoms with van der Waals surface area (Å²) in [5.74, 6) is 0.522. The summed E-state index contributed by atoms with van der Waals surface area (Å²) in [6, 6.07) is 4.11. The van der Waals surface area contributed by atoms with Crippen LogP contribution in [0.3, 0.4) is 0 Å². The van der Waals surface area contributed by atoms with Gasteiger partial charge >= 0.3 is 0 Å². The topological polar surface area (TPSA) is 42.4 Å². The number of amides is 1. The summed E-state index contributed by atoms with van der Waals surface area (Å²) in [5, 5.41) is 0. The standard InChI is InChI=1S/C16H24N2O2/c1-12(2)16-7-6-14(9-17-16)10-18(13(3)19)11-15-5-4-8-20-15/h6-7,9,12,15H,4-5,8,10-11H2,1-3H3. The number of hydrogen-bond donors (Lipinski definition) is 0. The van der Waals surface area contributed by atoms with Crippen molar-refractivity contribution in [3.05, 3.63) is 29.6 Å². The van der Waals surface area contributed by atoms with E-state index in [1.54, 1.807) is 6.92 Å². The molecule has 1 aliphatic rings. The number of pyridine rings is 1. The van der Waals surface area contributed by atoms with Crippen LogP contribution in [0.1, 0.15) is 50.8 Å². The van der Waals surface area contributed by atoms with Gasteiger partial charge in [-0.2, -0.15) is 0 Å². The van der Waals surface area contributed by atoms with Crippen LogP contribution in [0.2, 0.25) is 0 Å². The number of rotatable bonds is 5. The van der Waals surface area contributed by atoms with Crippen molar-refractivity contribution in [1.29, 1.82) is 0 Å². The second-order valence-electron chi connectivity index (χ2n) is 5.78.